The summed E-state index contributed by atoms with van der Waals surface area (Å²) in [5, 5.41) is 9.35. The Morgan fingerprint density at radius 3 is 2.33 bits per heavy atom. The van der Waals surface area contributed by atoms with E-state index in [-0.39, 0.29) is 11.6 Å². The molecule has 2 aromatic carbocycles. The van der Waals surface area contributed by atoms with Crippen LogP contribution in [0.5, 0.6) is 5.75 Å². The lowest BCUT2D eigenvalue weighted by atomic mass is 9.98. The van der Waals surface area contributed by atoms with E-state index >= 15 is 0 Å². The normalized spacial score (nSPS) is 11.9. The highest BCUT2D eigenvalue weighted by Crippen LogP contribution is 2.27. The number of phenolic OH excluding ortho intramolecular Hbond substituents is 1. The van der Waals surface area contributed by atoms with Gasteiger partial charge in [-0.3, -0.25) is 0 Å². The van der Waals surface area contributed by atoms with Gasteiger partial charge in [0.25, 0.3) is 0 Å². The molecule has 0 radical (unpaired) electrons. The summed E-state index contributed by atoms with van der Waals surface area (Å²) >= 11 is 0. The van der Waals surface area contributed by atoms with Crippen molar-refractivity contribution in [1.29, 1.82) is 0 Å². The van der Waals surface area contributed by atoms with Gasteiger partial charge in [0.1, 0.15) is 11.6 Å². The zero-order valence-corrected chi connectivity index (χ0v) is 14.2. The smallest absolute Gasteiger partial charge is 0.131 e. The summed E-state index contributed by atoms with van der Waals surface area (Å²) in [6, 6.07) is 12.0. The molecular formula is C22H23FO. The number of benzene rings is 2. The first-order valence-electron chi connectivity index (χ1n) is 8.16. The molecule has 2 aromatic rings. The van der Waals surface area contributed by atoms with Crippen molar-refractivity contribution in [1.82, 2.24) is 0 Å². The summed E-state index contributed by atoms with van der Waals surface area (Å²) in [6.45, 7) is 8.01. The quantitative estimate of drug-likeness (QED) is 0.601. The van der Waals surface area contributed by atoms with Gasteiger partial charge in [-0.05, 0) is 48.2 Å². The van der Waals surface area contributed by atoms with Crippen molar-refractivity contribution >= 4 is 5.57 Å². The molecule has 0 heterocycles. The Morgan fingerprint density at radius 1 is 1.08 bits per heavy atom. The topological polar surface area (TPSA) is 20.2 Å². The summed E-state index contributed by atoms with van der Waals surface area (Å²) in [5.41, 5.74) is 4.10. The fourth-order valence-corrected chi connectivity index (χ4v) is 2.54. The molecule has 0 bridgehead atoms. The van der Waals surface area contributed by atoms with Gasteiger partial charge in [0.05, 0.1) is 0 Å². The van der Waals surface area contributed by atoms with Gasteiger partial charge in [0.15, 0.2) is 0 Å². The summed E-state index contributed by atoms with van der Waals surface area (Å²) < 4.78 is 14.6. The molecule has 0 aromatic heterocycles. The molecule has 0 saturated heterocycles. The highest BCUT2D eigenvalue weighted by atomic mass is 19.1. The number of phenols is 1. The summed E-state index contributed by atoms with van der Waals surface area (Å²) in [5.74, 6) is -0.0658. The van der Waals surface area contributed by atoms with Crippen molar-refractivity contribution < 1.29 is 9.50 Å². The standard InChI is InChI=1S/C22H23FO/c1-4-6-16(3)7-8-17(5-2)21-14-11-19(15-22(21)23)18-9-12-20(24)13-10-18/h5,7-15,24H,3-4,6H2,1-2H3/b8-7-,17-5+. The molecular weight excluding hydrogens is 299 g/mol. The number of aromatic hydroxyl groups is 1. The minimum atomic E-state index is -0.264. The van der Waals surface area contributed by atoms with Crippen molar-refractivity contribution in [3.63, 3.8) is 0 Å². The van der Waals surface area contributed by atoms with Crippen LogP contribution in [0.3, 0.4) is 0 Å². The van der Waals surface area contributed by atoms with E-state index in [0.29, 0.717) is 5.56 Å². The van der Waals surface area contributed by atoms with Gasteiger partial charge in [-0.1, -0.05) is 68.0 Å². The summed E-state index contributed by atoms with van der Waals surface area (Å²) in [7, 11) is 0. The summed E-state index contributed by atoms with van der Waals surface area (Å²) in [6.07, 6.45) is 7.75. The lowest BCUT2D eigenvalue weighted by Gasteiger charge is -2.08. The van der Waals surface area contributed by atoms with Gasteiger partial charge in [0.2, 0.25) is 0 Å². The molecule has 2 heteroatoms. The van der Waals surface area contributed by atoms with Gasteiger partial charge in [0, 0.05) is 5.56 Å². The number of allylic oxidation sites excluding steroid dienone is 5. The number of hydrogen-bond acceptors (Lipinski definition) is 1. The average molecular weight is 322 g/mol. The first-order chi connectivity index (χ1) is 11.5. The Morgan fingerprint density at radius 2 is 1.75 bits per heavy atom. The first-order valence-corrected chi connectivity index (χ1v) is 8.16. The minimum absolute atomic E-state index is 0.199. The highest BCUT2D eigenvalue weighted by Gasteiger charge is 2.08. The van der Waals surface area contributed by atoms with E-state index in [9.17, 15) is 9.50 Å². The SMILES string of the molecule is C=C(/C=C\C(=C/C)c1ccc(-c2ccc(O)cc2)cc1F)CCC. The van der Waals surface area contributed by atoms with Gasteiger partial charge < -0.3 is 5.11 Å². The van der Waals surface area contributed by atoms with Crippen molar-refractivity contribution in [3.05, 3.63) is 84.2 Å². The second kappa shape index (κ2) is 8.30. The van der Waals surface area contributed by atoms with Crippen LogP contribution in [-0.4, -0.2) is 5.11 Å². The van der Waals surface area contributed by atoms with Gasteiger partial charge in [-0.2, -0.15) is 0 Å². The van der Waals surface area contributed by atoms with Gasteiger partial charge in [-0.15, -0.1) is 0 Å². The average Bonchev–Trinajstić information content (AvgIpc) is 2.57. The Hall–Kier alpha value is -2.61. The molecule has 124 valence electrons. The van der Waals surface area contributed by atoms with Crippen molar-refractivity contribution in [2.45, 2.75) is 26.7 Å². The van der Waals surface area contributed by atoms with E-state index in [0.717, 1.165) is 35.1 Å². The fourth-order valence-electron chi connectivity index (χ4n) is 2.54. The molecule has 0 unspecified atom stereocenters. The first kappa shape index (κ1) is 17.7. The van der Waals surface area contributed by atoms with Crippen LogP contribution in [0.1, 0.15) is 32.3 Å². The van der Waals surface area contributed by atoms with Gasteiger partial charge >= 0.3 is 0 Å². The Labute approximate surface area is 143 Å². The molecule has 0 saturated carbocycles. The largest absolute Gasteiger partial charge is 0.508 e. The molecule has 0 amide bonds. The lowest BCUT2D eigenvalue weighted by Crippen LogP contribution is -1.90. The molecule has 0 atom stereocenters. The third-order valence-electron chi connectivity index (χ3n) is 3.86. The van der Waals surface area contributed by atoms with Crippen molar-refractivity contribution in [3.8, 4) is 16.9 Å². The second-order valence-corrected chi connectivity index (χ2v) is 5.73. The van der Waals surface area contributed by atoms with Crippen molar-refractivity contribution in [2.24, 2.45) is 0 Å². The maximum absolute atomic E-state index is 14.6. The third-order valence-corrected chi connectivity index (χ3v) is 3.86. The van der Waals surface area contributed by atoms with Crippen LogP contribution in [0.15, 0.2) is 72.8 Å². The molecule has 0 fully saturated rings. The zero-order chi connectivity index (χ0) is 17.5. The maximum Gasteiger partial charge on any atom is 0.131 e. The van der Waals surface area contributed by atoms with Crippen LogP contribution in [-0.2, 0) is 0 Å². The maximum atomic E-state index is 14.6. The zero-order valence-electron chi connectivity index (χ0n) is 14.2. The van der Waals surface area contributed by atoms with Crippen LogP contribution in [0.2, 0.25) is 0 Å². The molecule has 1 N–H and O–H groups in total. The molecule has 1 nitrogen and oxygen atoms in total. The van der Waals surface area contributed by atoms with Crippen molar-refractivity contribution in [2.75, 3.05) is 0 Å². The van der Waals surface area contributed by atoms with Crippen LogP contribution in [0.4, 0.5) is 4.39 Å². The van der Waals surface area contributed by atoms with E-state index in [1.807, 2.05) is 31.2 Å². The predicted molar refractivity (Wildman–Crippen MR) is 100 cm³/mol. The van der Waals surface area contributed by atoms with E-state index < -0.39 is 0 Å². The molecule has 0 aliphatic rings. The molecule has 2 rings (SSSR count). The van der Waals surface area contributed by atoms with Gasteiger partial charge in [-0.25, -0.2) is 4.39 Å². The van der Waals surface area contributed by atoms with E-state index in [2.05, 4.69) is 13.5 Å². The van der Waals surface area contributed by atoms with Crippen LogP contribution >= 0.6 is 0 Å². The number of halogens is 1. The fraction of sp³-hybridized carbons (Fsp3) is 0.182. The monoisotopic (exact) mass is 322 g/mol. The molecule has 0 aliphatic carbocycles. The van der Waals surface area contributed by atoms with E-state index in [4.69, 9.17) is 0 Å². The lowest BCUT2D eigenvalue weighted by molar-refractivity contribution is 0.475. The predicted octanol–water partition coefficient (Wildman–Crippen LogP) is 6.51. The highest BCUT2D eigenvalue weighted by molar-refractivity contribution is 5.77. The Kier molecular flexibility index (Phi) is 6.14. The van der Waals surface area contributed by atoms with Crippen LogP contribution < -0.4 is 0 Å². The molecule has 24 heavy (non-hydrogen) atoms. The van der Waals surface area contributed by atoms with Crippen LogP contribution in [0.25, 0.3) is 16.7 Å². The Bertz CT molecular complexity index is 767. The molecule has 0 aliphatic heterocycles. The van der Waals surface area contributed by atoms with E-state index in [1.54, 1.807) is 30.3 Å². The number of rotatable bonds is 6. The second-order valence-electron chi connectivity index (χ2n) is 5.73. The van der Waals surface area contributed by atoms with E-state index in [1.165, 1.54) is 6.07 Å². The Balaban J connectivity index is 2.28. The molecule has 0 spiro atoms. The third kappa shape index (κ3) is 4.45. The number of hydrogen-bond donors (Lipinski definition) is 1. The van der Waals surface area contributed by atoms with Crippen LogP contribution in [0, 0.1) is 5.82 Å². The minimum Gasteiger partial charge on any atom is -0.508 e. The summed E-state index contributed by atoms with van der Waals surface area (Å²) in [4.78, 5) is 0.